The Morgan fingerprint density at radius 2 is 2.27 bits per heavy atom. The van der Waals surface area contributed by atoms with E-state index in [9.17, 15) is 0 Å². The Morgan fingerprint density at radius 1 is 1.36 bits per heavy atom. The molecule has 0 radical (unpaired) electrons. The van der Waals surface area contributed by atoms with Gasteiger partial charge in [-0.2, -0.15) is 0 Å². The van der Waals surface area contributed by atoms with Gasteiger partial charge in [-0.15, -0.1) is 0 Å². The van der Waals surface area contributed by atoms with Gasteiger partial charge in [0.15, 0.2) is 4.77 Å². The molecular weight excluding hydrogens is 158 g/mol. The number of rotatable bonds is 1. The molecule has 11 heavy (non-hydrogen) atoms. The topological polar surface area (TPSA) is 36.5 Å². The van der Waals surface area contributed by atoms with Crippen LogP contribution in [0.15, 0.2) is 30.9 Å². The largest absolute Gasteiger partial charge is 0.366 e. The van der Waals surface area contributed by atoms with Crippen LogP contribution in [-0.2, 0) is 0 Å². The maximum absolute atomic E-state index is 5.03. The third-order valence-electron chi connectivity index (χ3n) is 1.51. The van der Waals surface area contributed by atoms with Crippen molar-refractivity contribution in [1.29, 1.82) is 0 Å². The molecule has 0 saturated carbocycles. The highest BCUT2D eigenvalue weighted by atomic mass is 32.1. The van der Waals surface area contributed by atoms with Crippen molar-refractivity contribution in [3.05, 3.63) is 35.6 Å². The van der Waals surface area contributed by atoms with Crippen LogP contribution in [0.4, 0.5) is 0 Å². The van der Waals surface area contributed by atoms with Crippen molar-refractivity contribution in [1.82, 2.24) is 14.5 Å². The van der Waals surface area contributed by atoms with E-state index in [1.807, 2.05) is 35.4 Å². The van der Waals surface area contributed by atoms with Crippen molar-refractivity contribution in [2.24, 2.45) is 0 Å². The summed E-state index contributed by atoms with van der Waals surface area (Å²) < 4.78 is 2.61. The zero-order valence-corrected chi connectivity index (χ0v) is 6.56. The Balaban J connectivity index is 2.62. The first-order valence-electron chi connectivity index (χ1n) is 3.27. The predicted octanol–water partition coefficient (Wildman–Crippen LogP) is 1.86. The van der Waals surface area contributed by atoms with E-state index >= 15 is 0 Å². The second-order valence-corrected chi connectivity index (χ2v) is 2.59. The van der Waals surface area contributed by atoms with Crippen LogP contribution in [0.3, 0.4) is 0 Å². The highest BCUT2D eigenvalue weighted by Gasteiger charge is 1.94. The molecule has 2 aromatic heterocycles. The zero-order chi connectivity index (χ0) is 7.68. The van der Waals surface area contributed by atoms with Gasteiger partial charge in [0.2, 0.25) is 0 Å². The molecule has 0 aliphatic carbocycles. The number of nitrogens with zero attached hydrogens (tertiary/aromatic N) is 1. The smallest absolute Gasteiger partial charge is 0.181 e. The van der Waals surface area contributed by atoms with Gasteiger partial charge in [0.1, 0.15) is 0 Å². The van der Waals surface area contributed by atoms with Gasteiger partial charge in [-0.1, -0.05) is 0 Å². The minimum Gasteiger partial charge on any atom is -0.366 e. The normalized spacial score (nSPS) is 10.2. The summed E-state index contributed by atoms with van der Waals surface area (Å²) in [6.07, 6.45) is 7.47. The first-order chi connectivity index (χ1) is 5.38. The highest BCUT2D eigenvalue weighted by Crippen LogP contribution is 2.05. The summed E-state index contributed by atoms with van der Waals surface area (Å²) >= 11 is 5.03. The average molecular weight is 165 g/mol. The molecule has 3 nitrogen and oxygen atoms in total. The molecule has 0 atom stereocenters. The second kappa shape index (κ2) is 2.39. The van der Waals surface area contributed by atoms with Crippen LogP contribution in [-0.4, -0.2) is 14.5 Å². The van der Waals surface area contributed by atoms with E-state index in [4.69, 9.17) is 12.2 Å². The Bertz CT molecular complexity index is 382. The molecule has 2 aromatic rings. The Labute approximate surface area is 68.7 Å². The van der Waals surface area contributed by atoms with Crippen LogP contribution < -0.4 is 0 Å². The van der Waals surface area contributed by atoms with Crippen LogP contribution >= 0.6 is 12.2 Å². The van der Waals surface area contributed by atoms with E-state index in [1.165, 1.54) is 0 Å². The molecule has 0 aromatic carbocycles. The van der Waals surface area contributed by atoms with Gasteiger partial charge in [0.05, 0.1) is 5.69 Å². The number of aromatic amines is 2. The van der Waals surface area contributed by atoms with E-state index < -0.39 is 0 Å². The fourth-order valence-corrected chi connectivity index (χ4v) is 1.22. The van der Waals surface area contributed by atoms with Gasteiger partial charge in [0.25, 0.3) is 0 Å². The molecule has 0 aliphatic heterocycles. The van der Waals surface area contributed by atoms with Crippen molar-refractivity contribution < 1.29 is 0 Å². The number of hydrogen-bond donors (Lipinski definition) is 2. The van der Waals surface area contributed by atoms with E-state index in [1.54, 1.807) is 0 Å². The lowest BCUT2D eigenvalue weighted by molar-refractivity contribution is 1.03. The minimum atomic E-state index is 0.713. The standard InChI is InChI=1S/C7H7N3S/c11-7-9-3-4-10(7)6-1-2-8-5-6/h1-5,8H,(H,9,11). The molecule has 56 valence electrons. The van der Waals surface area contributed by atoms with E-state index in [0.717, 1.165) is 5.69 Å². The van der Waals surface area contributed by atoms with Crippen molar-refractivity contribution in [3.63, 3.8) is 0 Å². The quantitative estimate of drug-likeness (QED) is 0.622. The fraction of sp³-hybridized carbons (Fsp3) is 0. The van der Waals surface area contributed by atoms with Gasteiger partial charge in [-0.25, -0.2) is 0 Å². The Kier molecular flexibility index (Phi) is 1.40. The fourth-order valence-electron chi connectivity index (χ4n) is 0.989. The lowest BCUT2D eigenvalue weighted by Gasteiger charge is -1.93. The molecule has 0 unspecified atom stereocenters. The lowest BCUT2D eigenvalue weighted by atomic mass is 10.5. The summed E-state index contributed by atoms with van der Waals surface area (Å²) in [5.74, 6) is 0. The summed E-state index contributed by atoms with van der Waals surface area (Å²) in [4.78, 5) is 5.88. The number of nitrogens with one attached hydrogen (secondary N) is 2. The summed E-state index contributed by atoms with van der Waals surface area (Å²) in [7, 11) is 0. The predicted molar refractivity (Wildman–Crippen MR) is 45.3 cm³/mol. The van der Waals surface area contributed by atoms with Crippen LogP contribution in [0.5, 0.6) is 0 Å². The van der Waals surface area contributed by atoms with E-state index in [2.05, 4.69) is 9.97 Å². The molecular formula is C7H7N3S. The number of hydrogen-bond acceptors (Lipinski definition) is 1. The number of H-pyrrole nitrogens is 2. The zero-order valence-electron chi connectivity index (χ0n) is 5.74. The lowest BCUT2D eigenvalue weighted by Crippen LogP contribution is -1.87. The Hall–Kier alpha value is -1.29. The maximum Gasteiger partial charge on any atom is 0.181 e. The molecule has 0 bridgehead atoms. The third kappa shape index (κ3) is 1.01. The molecule has 2 N–H and O–H groups in total. The van der Waals surface area contributed by atoms with Crippen molar-refractivity contribution in [3.8, 4) is 5.69 Å². The first kappa shape index (κ1) is 6.42. The number of imidazole rings is 1. The van der Waals surface area contributed by atoms with E-state index in [-0.39, 0.29) is 0 Å². The van der Waals surface area contributed by atoms with Crippen LogP contribution in [0.1, 0.15) is 0 Å². The molecule has 0 amide bonds. The van der Waals surface area contributed by atoms with Crippen molar-refractivity contribution >= 4 is 12.2 Å². The molecule has 0 spiro atoms. The number of aromatic nitrogens is 3. The molecule has 0 aliphatic rings. The van der Waals surface area contributed by atoms with Crippen LogP contribution in [0, 0.1) is 4.77 Å². The van der Waals surface area contributed by atoms with Crippen LogP contribution in [0.25, 0.3) is 5.69 Å². The monoisotopic (exact) mass is 165 g/mol. The summed E-state index contributed by atoms with van der Waals surface area (Å²) in [6, 6.07) is 1.96. The minimum absolute atomic E-state index is 0.713. The van der Waals surface area contributed by atoms with Crippen molar-refractivity contribution in [2.75, 3.05) is 0 Å². The van der Waals surface area contributed by atoms with Crippen LogP contribution in [0.2, 0.25) is 0 Å². The molecule has 2 heterocycles. The van der Waals surface area contributed by atoms with Gasteiger partial charge in [-0.3, -0.25) is 4.57 Å². The Morgan fingerprint density at radius 3 is 2.82 bits per heavy atom. The third-order valence-corrected chi connectivity index (χ3v) is 1.82. The summed E-state index contributed by atoms with van der Waals surface area (Å²) in [6.45, 7) is 0. The molecule has 0 fully saturated rings. The summed E-state index contributed by atoms with van der Waals surface area (Å²) in [5.41, 5.74) is 1.05. The molecule has 4 heteroatoms. The van der Waals surface area contributed by atoms with Gasteiger partial charge >= 0.3 is 0 Å². The summed E-state index contributed by atoms with van der Waals surface area (Å²) in [5, 5.41) is 0. The second-order valence-electron chi connectivity index (χ2n) is 2.20. The maximum atomic E-state index is 5.03. The van der Waals surface area contributed by atoms with Gasteiger partial charge in [-0.05, 0) is 18.3 Å². The van der Waals surface area contributed by atoms with Crippen molar-refractivity contribution in [2.45, 2.75) is 0 Å². The average Bonchev–Trinajstić information content (AvgIpc) is 2.55. The SMILES string of the molecule is S=c1[nH]ccn1-c1cc[nH]c1. The molecule has 2 rings (SSSR count). The van der Waals surface area contributed by atoms with E-state index in [0.29, 0.717) is 4.77 Å². The molecule has 0 saturated heterocycles. The van der Waals surface area contributed by atoms with Gasteiger partial charge < -0.3 is 9.97 Å². The van der Waals surface area contributed by atoms with Gasteiger partial charge in [0, 0.05) is 24.8 Å². The highest BCUT2D eigenvalue weighted by molar-refractivity contribution is 7.71. The first-order valence-corrected chi connectivity index (χ1v) is 3.68.